The molecule has 2 saturated heterocycles. The molecule has 2 aliphatic rings. The van der Waals surface area contributed by atoms with E-state index in [0.717, 1.165) is 11.2 Å². The molecule has 2 aliphatic heterocycles. The first-order chi connectivity index (χ1) is 15.1. The van der Waals surface area contributed by atoms with Gasteiger partial charge in [-0.25, -0.2) is 0 Å². The van der Waals surface area contributed by atoms with E-state index in [1.54, 1.807) is 17.0 Å². The van der Waals surface area contributed by atoms with Gasteiger partial charge in [-0.05, 0) is 63.8 Å². The van der Waals surface area contributed by atoms with E-state index in [-0.39, 0.29) is 11.7 Å². The van der Waals surface area contributed by atoms with Crippen LogP contribution in [0.15, 0.2) is 48.5 Å². The standard InChI is InChI=1S/C23H27BF2N2O4/c1-22(2)23(3,4)32-24(31-22)15-8-10-17(11-9-15)28-13-12-19(20(28)29)27-16-6-5-7-18(14-16)30-21(25)26/h5-11,14,19,21,27H,12-13H2,1-4H3. The topological polar surface area (TPSA) is 60.0 Å². The van der Waals surface area contributed by atoms with Crippen LogP contribution in [0.2, 0.25) is 0 Å². The zero-order valence-corrected chi connectivity index (χ0v) is 18.6. The van der Waals surface area contributed by atoms with Crippen molar-refractivity contribution in [1.82, 2.24) is 0 Å². The lowest BCUT2D eigenvalue weighted by molar-refractivity contribution is -0.117. The van der Waals surface area contributed by atoms with Crippen LogP contribution in [0.4, 0.5) is 20.2 Å². The molecule has 2 fully saturated rings. The molecule has 4 rings (SSSR count). The Labute approximate surface area is 187 Å². The van der Waals surface area contributed by atoms with E-state index in [1.165, 1.54) is 12.1 Å². The molecule has 0 aliphatic carbocycles. The maximum Gasteiger partial charge on any atom is 0.494 e. The Morgan fingerprint density at radius 3 is 2.38 bits per heavy atom. The molecule has 0 spiro atoms. The van der Waals surface area contributed by atoms with Gasteiger partial charge in [0.1, 0.15) is 11.8 Å². The van der Waals surface area contributed by atoms with Crippen LogP contribution >= 0.6 is 0 Å². The molecule has 0 saturated carbocycles. The number of nitrogens with zero attached hydrogens (tertiary/aromatic N) is 1. The molecule has 6 nitrogen and oxygen atoms in total. The molecule has 9 heteroatoms. The summed E-state index contributed by atoms with van der Waals surface area (Å²) in [4.78, 5) is 14.7. The third-order valence-corrected chi connectivity index (χ3v) is 6.34. The van der Waals surface area contributed by atoms with Gasteiger partial charge in [0.05, 0.1) is 11.2 Å². The Balaban J connectivity index is 1.41. The molecule has 2 aromatic carbocycles. The lowest BCUT2D eigenvalue weighted by atomic mass is 9.79. The largest absolute Gasteiger partial charge is 0.494 e. The van der Waals surface area contributed by atoms with Gasteiger partial charge >= 0.3 is 13.7 Å². The van der Waals surface area contributed by atoms with Crippen LogP contribution in [0.25, 0.3) is 0 Å². The van der Waals surface area contributed by atoms with Crippen LogP contribution in [0.5, 0.6) is 5.75 Å². The molecule has 170 valence electrons. The summed E-state index contributed by atoms with van der Waals surface area (Å²) < 4.78 is 41.5. The number of hydrogen-bond donors (Lipinski definition) is 1. The van der Waals surface area contributed by atoms with Crippen molar-refractivity contribution in [3.8, 4) is 5.75 Å². The van der Waals surface area contributed by atoms with Crippen molar-refractivity contribution >= 4 is 29.9 Å². The SMILES string of the molecule is CC1(C)OB(c2ccc(N3CCC(Nc4cccc(OC(F)F)c4)C3=O)cc2)OC1(C)C. The third-order valence-electron chi connectivity index (χ3n) is 6.34. The molecular weight excluding hydrogens is 417 g/mol. The Hall–Kier alpha value is -2.65. The summed E-state index contributed by atoms with van der Waals surface area (Å²) >= 11 is 0. The van der Waals surface area contributed by atoms with Gasteiger partial charge in [-0.3, -0.25) is 4.79 Å². The molecule has 1 N–H and O–H groups in total. The van der Waals surface area contributed by atoms with Crippen molar-refractivity contribution in [3.63, 3.8) is 0 Å². The first-order valence-corrected chi connectivity index (χ1v) is 10.6. The minimum atomic E-state index is -2.89. The van der Waals surface area contributed by atoms with Crippen molar-refractivity contribution < 1.29 is 27.6 Å². The van der Waals surface area contributed by atoms with Gasteiger partial charge in [0.2, 0.25) is 5.91 Å². The Kier molecular flexibility index (Phi) is 5.90. The molecule has 1 unspecified atom stereocenters. The number of hydrogen-bond acceptors (Lipinski definition) is 5. The van der Waals surface area contributed by atoms with Gasteiger partial charge in [0, 0.05) is 24.0 Å². The number of anilines is 2. The van der Waals surface area contributed by atoms with Crippen LogP contribution in [-0.2, 0) is 14.1 Å². The minimum absolute atomic E-state index is 0.0468. The molecule has 1 atom stereocenters. The van der Waals surface area contributed by atoms with E-state index in [2.05, 4.69) is 10.1 Å². The average molecular weight is 444 g/mol. The number of amides is 1. The third kappa shape index (κ3) is 4.45. The minimum Gasteiger partial charge on any atom is -0.435 e. The summed E-state index contributed by atoms with van der Waals surface area (Å²) in [5.74, 6) is -0.0286. The Morgan fingerprint density at radius 1 is 1.09 bits per heavy atom. The van der Waals surface area contributed by atoms with Crippen molar-refractivity contribution in [1.29, 1.82) is 0 Å². The summed E-state index contributed by atoms with van der Waals surface area (Å²) in [6, 6.07) is 13.4. The fourth-order valence-electron chi connectivity index (χ4n) is 3.82. The van der Waals surface area contributed by atoms with Crippen molar-refractivity contribution in [2.24, 2.45) is 0 Å². The van der Waals surface area contributed by atoms with Crippen LogP contribution in [0.1, 0.15) is 34.1 Å². The van der Waals surface area contributed by atoms with E-state index in [9.17, 15) is 13.6 Å². The molecular formula is C23H27BF2N2O4. The average Bonchev–Trinajstić information content (AvgIpc) is 3.17. The second kappa shape index (κ2) is 8.37. The second-order valence-corrected chi connectivity index (χ2v) is 9.06. The number of alkyl halides is 2. The Bertz CT molecular complexity index is 968. The highest BCUT2D eigenvalue weighted by atomic mass is 19.3. The summed E-state index contributed by atoms with van der Waals surface area (Å²) in [6.07, 6.45) is 0.595. The van der Waals surface area contributed by atoms with Crippen molar-refractivity contribution in [3.05, 3.63) is 48.5 Å². The molecule has 1 amide bonds. The highest BCUT2D eigenvalue weighted by molar-refractivity contribution is 6.62. The number of ether oxygens (including phenoxy) is 1. The van der Waals surface area contributed by atoms with Crippen LogP contribution in [0, 0.1) is 0 Å². The molecule has 32 heavy (non-hydrogen) atoms. The van der Waals surface area contributed by atoms with Crippen LogP contribution in [0.3, 0.4) is 0 Å². The van der Waals surface area contributed by atoms with E-state index in [1.807, 2.05) is 52.0 Å². The lowest BCUT2D eigenvalue weighted by Gasteiger charge is -2.32. The summed E-state index contributed by atoms with van der Waals surface area (Å²) in [6.45, 7) is 5.69. The highest BCUT2D eigenvalue weighted by Crippen LogP contribution is 2.36. The van der Waals surface area contributed by atoms with Gasteiger partial charge in [-0.2, -0.15) is 8.78 Å². The number of rotatable bonds is 6. The molecule has 2 aromatic rings. The smallest absolute Gasteiger partial charge is 0.435 e. The van der Waals surface area contributed by atoms with E-state index in [0.29, 0.717) is 18.7 Å². The quantitative estimate of drug-likeness (QED) is 0.687. The molecule has 2 heterocycles. The van der Waals surface area contributed by atoms with E-state index < -0.39 is 31.0 Å². The summed E-state index contributed by atoms with van der Waals surface area (Å²) in [5, 5.41) is 3.12. The van der Waals surface area contributed by atoms with Gasteiger partial charge in [-0.15, -0.1) is 0 Å². The predicted octanol–water partition coefficient (Wildman–Crippen LogP) is 3.80. The highest BCUT2D eigenvalue weighted by Gasteiger charge is 2.51. The van der Waals surface area contributed by atoms with Crippen LogP contribution < -0.4 is 20.4 Å². The monoisotopic (exact) mass is 444 g/mol. The number of carbonyl (C=O) groups is 1. The van der Waals surface area contributed by atoms with Crippen LogP contribution in [-0.4, -0.2) is 43.4 Å². The normalized spacial score (nSPS) is 22.0. The zero-order chi connectivity index (χ0) is 23.1. The molecule has 0 bridgehead atoms. The summed E-state index contributed by atoms with van der Waals surface area (Å²) in [7, 11) is -0.458. The van der Waals surface area contributed by atoms with Gasteiger partial charge in [0.25, 0.3) is 0 Å². The molecule has 0 aromatic heterocycles. The number of benzene rings is 2. The fraction of sp³-hybridized carbons (Fsp3) is 0.435. The van der Waals surface area contributed by atoms with Gasteiger partial charge < -0.3 is 24.3 Å². The number of nitrogens with one attached hydrogen (secondary N) is 1. The van der Waals surface area contributed by atoms with E-state index in [4.69, 9.17) is 9.31 Å². The maximum absolute atomic E-state index is 12.9. The zero-order valence-electron chi connectivity index (χ0n) is 18.6. The van der Waals surface area contributed by atoms with Gasteiger partial charge in [0.15, 0.2) is 0 Å². The maximum atomic E-state index is 12.9. The van der Waals surface area contributed by atoms with E-state index >= 15 is 0 Å². The van der Waals surface area contributed by atoms with Gasteiger partial charge in [-0.1, -0.05) is 18.2 Å². The van der Waals surface area contributed by atoms with Crippen molar-refractivity contribution in [2.75, 3.05) is 16.8 Å². The fourth-order valence-corrected chi connectivity index (χ4v) is 3.82. The Morgan fingerprint density at radius 2 is 1.75 bits per heavy atom. The predicted molar refractivity (Wildman–Crippen MR) is 120 cm³/mol. The number of carbonyl (C=O) groups excluding carboxylic acids is 1. The second-order valence-electron chi connectivity index (χ2n) is 9.06. The lowest BCUT2D eigenvalue weighted by Crippen LogP contribution is -2.41. The first kappa shape index (κ1) is 22.5. The first-order valence-electron chi connectivity index (χ1n) is 10.6. The molecule has 0 radical (unpaired) electrons. The van der Waals surface area contributed by atoms with Crippen molar-refractivity contribution in [2.45, 2.75) is 58.0 Å². The number of halogens is 2. The summed E-state index contributed by atoms with van der Waals surface area (Å²) in [5.41, 5.74) is 1.40.